The second kappa shape index (κ2) is 7.13. The maximum atomic E-state index is 13.6. The summed E-state index contributed by atoms with van der Waals surface area (Å²) < 4.78 is 41.4. The first-order valence-electron chi connectivity index (χ1n) is 7.38. The van der Waals surface area contributed by atoms with E-state index in [4.69, 9.17) is 23.2 Å². The highest BCUT2D eigenvalue weighted by Gasteiger charge is 2.40. The Labute approximate surface area is 160 Å². The third-order valence-corrected chi connectivity index (χ3v) is 4.05. The summed E-state index contributed by atoms with van der Waals surface area (Å²) in [4.78, 5) is 12.4. The molecule has 0 spiro atoms. The largest absolute Gasteiger partial charge is 0.506 e. The van der Waals surface area contributed by atoms with Crippen LogP contribution in [0.5, 0.6) is 5.75 Å². The SMILES string of the molecule is O=C(Nc1cc(Cl)ccc1O)c1cnn(-c2ccc(Cl)cc2)c1C(F)(F)F. The predicted octanol–water partition coefficient (Wildman–Crippen LogP) is 5.16. The van der Waals surface area contributed by atoms with Gasteiger partial charge in [-0.25, -0.2) is 4.68 Å². The van der Waals surface area contributed by atoms with Gasteiger partial charge >= 0.3 is 6.18 Å². The number of aromatic nitrogens is 2. The lowest BCUT2D eigenvalue weighted by molar-refractivity contribution is -0.143. The summed E-state index contributed by atoms with van der Waals surface area (Å²) in [6.45, 7) is 0. The highest BCUT2D eigenvalue weighted by Crippen LogP contribution is 2.35. The number of carbonyl (C=O) groups is 1. The van der Waals surface area contributed by atoms with Crippen molar-refractivity contribution in [1.82, 2.24) is 9.78 Å². The molecule has 0 fully saturated rings. The number of hydrogen-bond acceptors (Lipinski definition) is 3. The fourth-order valence-electron chi connectivity index (χ4n) is 2.36. The van der Waals surface area contributed by atoms with Crippen LogP contribution in [0.25, 0.3) is 5.69 Å². The van der Waals surface area contributed by atoms with Crippen LogP contribution in [-0.2, 0) is 6.18 Å². The average molecular weight is 416 g/mol. The molecule has 0 aliphatic heterocycles. The van der Waals surface area contributed by atoms with Crippen LogP contribution in [0.4, 0.5) is 18.9 Å². The number of aromatic hydroxyl groups is 1. The summed E-state index contributed by atoms with van der Waals surface area (Å²) in [6.07, 6.45) is -4.06. The number of carbonyl (C=O) groups excluding carboxylic acids is 1. The Kier molecular flexibility index (Phi) is 5.03. The first-order valence-corrected chi connectivity index (χ1v) is 8.13. The Bertz CT molecular complexity index is 1000. The molecule has 2 aromatic carbocycles. The van der Waals surface area contributed by atoms with Gasteiger partial charge in [-0.15, -0.1) is 0 Å². The molecule has 1 heterocycles. The lowest BCUT2D eigenvalue weighted by atomic mass is 10.2. The molecule has 140 valence electrons. The molecule has 0 radical (unpaired) electrons. The third kappa shape index (κ3) is 4.01. The van der Waals surface area contributed by atoms with Crippen molar-refractivity contribution in [3.8, 4) is 11.4 Å². The van der Waals surface area contributed by atoms with Crippen LogP contribution in [0.2, 0.25) is 10.0 Å². The molecule has 0 unspecified atom stereocenters. The molecule has 0 saturated carbocycles. The summed E-state index contributed by atoms with van der Waals surface area (Å²) in [6, 6.07) is 9.28. The second-order valence-corrected chi connectivity index (χ2v) is 6.28. The van der Waals surface area contributed by atoms with Crippen LogP contribution in [0.1, 0.15) is 16.1 Å². The molecule has 3 aromatic rings. The molecular weight excluding hydrogens is 406 g/mol. The van der Waals surface area contributed by atoms with E-state index in [0.717, 1.165) is 6.20 Å². The van der Waals surface area contributed by atoms with Crippen molar-refractivity contribution in [2.24, 2.45) is 0 Å². The van der Waals surface area contributed by atoms with E-state index in [0.29, 0.717) is 9.70 Å². The Morgan fingerprint density at radius 1 is 1.07 bits per heavy atom. The van der Waals surface area contributed by atoms with E-state index in [2.05, 4.69) is 10.4 Å². The van der Waals surface area contributed by atoms with Crippen LogP contribution in [-0.4, -0.2) is 20.8 Å². The van der Waals surface area contributed by atoms with Crippen LogP contribution >= 0.6 is 23.2 Å². The van der Waals surface area contributed by atoms with Crippen molar-refractivity contribution in [3.05, 3.63) is 70.0 Å². The van der Waals surface area contributed by atoms with Crippen molar-refractivity contribution < 1.29 is 23.1 Å². The number of anilines is 1. The van der Waals surface area contributed by atoms with E-state index >= 15 is 0 Å². The van der Waals surface area contributed by atoms with Crippen LogP contribution in [0.15, 0.2) is 48.7 Å². The van der Waals surface area contributed by atoms with E-state index in [1.165, 1.54) is 42.5 Å². The smallest absolute Gasteiger partial charge is 0.434 e. The highest BCUT2D eigenvalue weighted by molar-refractivity contribution is 6.31. The Balaban J connectivity index is 2.04. The van der Waals surface area contributed by atoms with E-state index in [1.807, 2.05) is 0 Å². The quantitative estimate of drug-likeness (QED) is 0.580. The van der Waals surface area contributed by atoms with Crippen molar-refractivity contribution in [2.45, 2.75) is 6.18 Å². The van der Waals surface area contributed by atoms with Crippen LogP contribution in [0.3, 0.4) is 0 Å². The number of rotatable bonds is 3. The molecule has 0 atom stereocenters. The molecule has 27 heavy (non-hydrogen) atoms. The van der Waals surface area contributed by atoms with Gasteiger partial charge in [-0.3, -0.25) is 4.79 Å². The number of nitrogens with zero attached hydrogens (tertiary/aromatic N) is 2. The predicted molar refractivity (Wildman–Crippen MR) is 94.6 cm³/mol. The first-order chi connectivity index (χ1) is 12.7. The van der Waals surface area contributed by atoms with Gasteiger partial charge in [0.05, 0.1) is 23.1 Å². The van der Waals surface area contributed by atoms with Gasteiger partial charge in [0, 0.05) is 10.0 Å². The van der Waals surface area contributed by atoms with Gasteiger partial charge < -0.3 is 10.4 Å². The number of amides is 1. The molecular formula is C17H10Cl2F3N3O2. The molecule has 0 bridgehead atoms. The standard InChI is InChI=1S/C17H10Cl2F3N3O2/c18-9-1-4-11(5-2-9)25-15(17(20,21)22)12(8-23-25)16(27)24-13-7-10(19)3-6-14(13)26/h1-8,26H,(H,24,27). The van der Waals surface area contributed by atoms with E-state index < -0.39 is 23.3 Å². The molecule has 0 aliphatic rings. The normalized spacial score (nSPS) is 11.4. The molecule has 0 aliphatic carbocycles. The number of halogens is 5. The number of benzene rings is 2. The summed E-state index contributed by atoms with van der Waals surface area (Å²) in [5.74, 6) is -1.44. The highest BCUT2D eigenvalue weighted by atomic mass is 35.5. The maximum Gasteiger partial charge on any atom is 0.434 e. The summed E-state index contributed by atoms with van der Waals surface area (Å²) in [5.41, 5.74) is -2.02. The number of phenolic OH excluding ortho intramolecular Hbond substituents is 1. The van der Waals surface area contributed by atoms with E-state index in [1.54, 1.807) is 0 Å². The zero-order valence-electron chi connectivity index (χ0n) is 13.3. The number of hydrogen-bond donors (Lipinski definition) is 2. The number of alkyl halides is 3. The Hall–Kier alpha value is -2.71. The Morgan fingerprint density at radius 3 is 2.33 bits per heavy atom. The third-order valence-electron chi connectivity index (χ3n) is 3.56. The average Bonchev–Trinajstić information content (AvgIpc) is 3.04. The van der Waals surface area contributed by atoms with Gasteiger partial charge in [-0.1, -0.05) is 23.2 Å². The van der Waals surface area contributed by atoms with Crippen molar-refractivity contribution in [3.63, 3.8) is 0 Å². The Morgan fingerprint density at radius 2 is 1.70 bits per heavy atom. The fourth-order valence-corrected chi connectivity index (χ4v) is 2.66. The fraction of sp³-hybridized carbons (Fsp3) is 0.0588. The van der Waals surface area contributed by atoms with Crippen molar-refractivity contribution in [1.29, 1.82) is 0 Å². The first kappa shape index (κ1) is 19.1. The lowest BCUT2D eigenvalue weighted by Crippen LogP contribution is -2.20. The molecule has 2 N–H and O–H groups in total. The van der Waals surface area contributed by atoms with Crippen LogP contribution in [0, 0.1) is 0 Å². The van der Waals surface area contributed by atoms with Gasteiger partial charge in [0.25, 0.3) is 5.91 Å². The number of phenols is 1. The lowest BCUT2D eigenvalue weighted by Gasteiger charge is -2.13. The van der Waals surface area contributed by atoms with Gasteiger partial charge in [-0.05, 0) is 42.5 Å². The monoisotopic (exact) mass is 415 g/mol. The minimum atomic E-state index is -4.86. The van der Waals surface area contributed by atoms with Gasteiger partial charge in [0.15, 0.2) is 5.69 Å². The van der Waals surface area contributed by atoms with Crippen molar-refractivity contribution in [2.75, 3.05) is 5.32 Å². The minimum Gasteiger partial charge on any atom is -0.506 e. The molecule has 1 amide bonds. The van der Waals surface area contributed by atoms with Gasteiger partial charge in [0.2, 0.25) is 0 Å². The van der Waals surface area contributed by atoms with Crippen LogP contribution < -0.4 is 5.32 Å². The number of nitrogens with one attached hydrogen (secondary N) is 1. The minimum absolute atomic E-state index is 0.0800. The van der Waals surface area contributed by atoms with E-state index in [9.17, 15) is 23.1 Å². The summed E-state index contributed by atoms with van der Waals surface area (Å²) in [7, 11) is 0. The molecule has 3 rings (SSSR count). The second-order valence-electron chi connectivity index (χ2n) is 5.41. The maximum absolute atomic E-state index is 13.6. The van der Waals surface area contributed by atoms with Crippen molar-refractivity contribution >= 4 is 34.8 Å². The summed E-state index contributed by atoms with van der Waals surface area (Å²) >= 11 is 11.5. The zero-order valence-corrected chi connectivity index (χ0v) is 14.8. The topological polar surface area (TPSA) is 67.2 Å². The molecule has 0 saturated heterocycles. The zero-order chi connectivity index (χ0) is 19.8. The van der Waals surface area contributed by atoms with E-state index in [-0.39, 0.29) is 22.1 Å². The van der Waals surface area contributed by atoms with Gasteiger partial charge in [0.1, 0.15) is 5.75 Å². The molecule has 10 heteroatoms. The summed E-state index contributed by atoms with van der Waals surface area (Å²) in [5, 5.41) is 16.2. The molecule has 1 aromatic heterocycles. The van der Waals surface area contributed by atoms with Gasteiger partial charge in [-0.2, -0.15) is 18.3 Å². The molecule has 5 nitrogen and oxygen atoms in total.